The van der Waals surface area contributed by atoms with Crippen LogP contribution in [0.5, 0.6) is 0 Å². The second-order valence-corrected chi connectivity index (χ2v) is 6.07. The Balaban J connectivity index is 1.82. The molecular formula is C21H19N3O. The average Bonchev–Trinajstić information content (AvgIpc) is 2.94. The van der Waals surface area contributed by atoms with E-state index in [0.29, 0.717) is 5.69 Å². The molecule has 2 aromatic carbocycles. The van der Waals surface area contributed by atoms with Gasteiger partial charge in [0.05, 0.1) is 11.2 Å². The van der Waals surface area contributed by atoms with Crippen molar-refractivity contribution in [2.75, 3.05) is 5.32 Å². The molecule has 0 bridgehead atoms. The van der Waals surface area contributed by atoms with E-state index in [1.807, 2.05) is 49.4 Å². The van der Waals surface area contributed by atoms with Crippen LogP contribution < -0.4 is 5.32 Å². The third kappa shape index (κ3) is 2.47. The molecule has 0 unspecified atom stereocenters. The maximum atomic E-state index is 13.1. The van der Waals surface area contributed by atoms with E-state index >= 15 is 0 Å². The first kappa shape index (κ1) is 15.4. The standard InChI is InChI=1S/C21H19N3O/c1-3-24-18-12-5-4-10-16(18)14(2)20(24)21(25)23-17-11-6-8-15-9-7-13-22-19(15)17/h4-13H,3H2,1-2H3,(H,23,25). The largest absolute Gasteiger partial charge is 0.337 e. The smallest absolute Gasteiger partial charge is 0.272 e. The normalized spacial score (nSPS) is 11.1. The van der Waals surface area contributed by atoms with Gasteiger partial charge < -0.3 is 9.88 Å². The van der Waals surface area contributed by atoms with Crippen LogP contribution in [0.25, 0.3) is 21.8 Å². The van der Waals surface area contributed by atoms with Gasteiger partial charge >= 0.3 is 0 Å². The number of nitrogens with one attached hydrogen (secondary N) is 1. The number of rotatable bonds is 3. The Labute approximate surface area is 146 Å². The van der Waals surface area contributed by atoms with Gasteiger partial charge in [0.2, 0.25) is 0 Å². The second kappa shape index (κ2) is 6.06. The van der Waals surface area contributed by atoms with Gasteiger partial charge in [-0.3, -0.25) is 9.78 Å². The zero-order chi connectivity index (χ0) is 17.4. The van der Waals surface area contributed by atoms with E-state index < -0.39 is 0 Å². The van der Waals surface area contributed by atoms with Crippen molar-refractivity contribution >= 4 is 33.4 Å². The van der Waals surface area contributed by atoms with Crippen molar-refractivity contribution in [3.05, 3.63) is 72.1 Å². The molecule has 4 aromatic rings. The number of nitrogens with zero attached hydrogens (tertiary/aromatic N) is 2. The van der Waals surface area contributed by atoms with Gasteiger partial charge in [0.25, 0.3) is 5.91 Å². The summed E-state index contributed by atoms with van der Waals surface area (Å²) >= 11 is 0. The zero-order valence-corrected chi connectivity index (χ0v) is 14.3. The predicted octanol–water partition coefficient (Wildman–Crippen LogP) is 4.77. The Kier molecular flexibility index (Phi) is 3.73. The minimum absolute atomic E-state index is 0.103. The first-order valence-corrected chi connectivity index (χ1v) is 8.43. The van der Waals surface area contributed by atoms with Gasteiger partial charge in [0.1, 0.15) is 5.69 Å². The molecule has 0 saturated carbocycles. The Bertz CT molecular complexity index is 1090. The molecular weight excluding hydrogens is 310 g/mol. The number of aromatic nitrogens is 2. The molecule has 0 fully saturated rings. The average molecular weight is 329 g/mol. The van der Waals surface area contributed by atoms with Gasteiger partial charge in [-0.25, -0.2) is 0 Å². The van der Waals surface area contributed by atoms with Crippen molar-refractivity contribution in [2.24, 2.45) is 0 Å². The molecule has 4 rings (SSSR count). The van der Waals surface area contributed by atoms with Crippen molar-refractivity contribution < 1.29 is 4.79 Å². The number of aryl methyl sites for hydroxylation is 2. The molecule has 4 nitrogen and oxygen atoms in total. The van der Waals surface area contributed by atoms with Crippen LogP contribution in [0, 0.1) is 6.92 Å². The molecule has 2 heterocycles. The Morgan fingerprint density at radius 2 is 1.88 bits per heavy atom. The maximum Gasteiger partial charge on any atom is 0.272 e. The van der Waals surface area contributed by atoms with Crippen LogP contribution in [0.1, 0.15) is 23.0 Å². The fourth-order valence-corrected chi connectivity index (χ4v) is 3.48. The van der Waals surface area contributed by atoms with Crippen LogP contribution in [0.4, 0.5) is 5.69 Å². The van der Waals surface area contributed by atoms with Crippen LogP contribution >= 0.6 is 0 Å². The summed E-state index contributed by atoms with van der Waals surface area (Å²) in [4.78, 5) is 17.5. The number of anilines is 1. The topological polar surface area (TPSA) is 46.9 Å². The lowest BCUT2D eigenvalue weighted by Gasteiger charge is -2.11. The Morgan fingerprint density at radius 1 is 1.08 bits per heavy atom. The fourth-order valence-electron chi connectivity index (χ4n) is 3.48. The van der Waals surface area contributed by atoms with Gasteiger partial charge in [-0.1, -0.05) is 36.4 Å². The number of carbonyl (C=O) groups is 1. The summed E-state index contributed by atoms with van der Waals surface area (Å²) in [5.74, 6) is -0.103. The molecule has 0 saturated heterocycles. The van der Waals surface area contributed by atoms with E-state index in [-0.39, 0.29) is 5.91 Å². The van der Waals surface area contributed by atoms with E-state index in [1.54, 1.807) is 6.20 Å². The molecule has 0 radical (unpaired) electrons. The molecule has 0 aliphatic carbocycles. The minimum atomic E-state index is -0.103. The summed E-state index contributed by atoms with van der Waals surface area (Å²) in [5.41, 5.74) is 4.33. The molecule has 25 heavy (non-hydrogen) atoms. The number of para-hydroxylation sites is 2. The number of hydrogen-bond donors (Lipinski definition) is 1. The van der Waals surface area contributed by atoms with Crippen LogP contribution in [-0.4, -0.2) is 15.5 Å². The SMILES string of the molecule is CCn1c(C(=O)Nc2cccc3cccnc23)c(C)c2ccccc21. The van der Waals surface area contributed by atoms with E-state index in [9.17, 15) is 4.79 Å². The van der Waals surface area contributed by atoms with Crippen molar-refractivity contribution in [1.82, 2.24) is 9.55 Å². The highest BCUT2D eigenvalue weighted by Gasteiger charge is 2.20. The highest BCUT2D eigenvalue weighted by Crippen LogP contribution is 2.27. The molecule has 1 N–H and O–H groups in total. The van der Waals surface area contributed by atoms with E-state index in [0.717, 1.165) is 39.6 Å². The van der Waals surface area contributed by atoms with Crippen LogP contribution in [0.3, 0.4) is 0 Å². The number of carbonyl (C=O) groups excluding carboxylic acids is 1. The summed E-state index contributed by atoms with van der Waals surface area (Å²) in [5, 5.41) is 5.18. The molecule has 0 aliphatic rings. The number of benzene rings is 2. The predicted molar refractivity (Wildman–Crippen MR) is 102 cm³/mol. The zero-order valence-electron chi connectivity index (χ0n) is 14.3. The Morgan fingerprint density at radius 3 is 2.72 bits per heavy atom. The molecule has 0 atom stereocenters. The van der Waals surface area contributed by atoms with Gasteiger partial charge in [-0.15, -0.1) is 0 Å². The first-order valence-electron chi connectivity index (χ1n) is 8.43. The van der Waals surface area contributed by atoms with Gasteiger partial charge in [-0.2, -0.15) is 0 Å². The van der Waals surface area contributed by atoms with Crippen LogP contribution in [0.2, 0.25) is 0 Å². The quantitative estimate of drug-likeness (QED) is 0.588. The number of hydrogen-bond acceptors (Lipinski definition) is 2. The van der Waals surface area contributed by atoms with Gasteiger partial charge in [-0.05, 0) is 37.6 Å². The molecule has 2 aromatic heterocycles. The lowest BCUT2D eigenvalue weighted by Crippen LogP contribution is -2.18. The Hall–Kier alpha value is -3.14. The van der Waals surface area contributed by atoms with Gasteiger partial charge in [0.15, 0.2) is 0 Å². The fraction of sp³-hybridized carbons (Fsp3) is 0.143. The maximum absolute atomic E-state index is 13.1. The minimum Gasteiger partial charge on any atom is -0.337 e. The third-order valence-corrected chi connectivity index (χ3v) is 4.64. The third-order valence-electron chi connectivity index (χ3n) is 4.64. The first-order chi connectivity index (χ1) is 12.2. The monoisotopic (exact) mass is 329 g/mol. The van der Waals surface area contributed by atoms with E-state index in [4.69, 9.17) is 0 Å². The lowest BCUT2D eigenvalue weighted by atomic mass is 10.1. The number of fused-ring (bicyclic) bond motifs is 2. The number of pyridine rings is 1. The van der Waals surface area contributed by atoms with E-state index in [1.165, 1.54) is 0 Å². The molecule has 124 valence electrons. The summed E-state index contributed by atoms with van der Waals surface area (Å²) in [6, 6.07) is 17.8. The second-order valence-electron chi connectivity index (χ2n) is 6.07. The van der Waals surface area contributed by atoms with E-state index in [2.05, 4.69) is 33.9 Å². The molecule has 1 amide bonds. The number of amides is 1. The lowest BCUT2D eigenvalue weighted by molar-refractivity contribution is 0.101. The van der Waals surface area contributed by atoms with Crippen molar-refractivity contribution in [1.29, 1.82) is 0 Å². The van der Waals surface area contributed by atoms with Crippen LogP contribution in [0.15, 0.2) is 60.8 Å². The molecule has 0 aliphatic heterocycles. The van der Waals surface area contributed by atoms with Crippen LogP contribution in [-0.2, 0) is 6.54 Å². The van der Waals surface area contributed by atoms with Crippen molar-refractivity contribution in [3.63, 3.8) is 0 Å². The van der Waals surface area contributed by atoms with Crippen molar-refractivity contribution in [2.45, 2.75) is 20.4 Å². The highest BCUT2D eigenvalue weighted by molar-refractivity contribution is 6.11. The summed E-state index contributed by atoms with van der Waals surface area (Å²) in [6.07, 6.45) is 1.74. The summed E-state index contributed by atoms with van der Waals surface area (Å²) < 4.78 is 2.07. The molecule has 0 spiro atoms. The van der Waals surface area contributed by atoms with Crippen molar-refractivity contribution in [3.8, 4) is 0 Å². The summed E-state index contributed by atoms with van der Waals surface area (Å²) in [7, 11) is 0. The summed E-state index contributed by atoms with van der Waals surface area (Å²) in [6.45, 7) is 4.80. The van der Waals surface area contributed by atoms with Gasteiger partial charge in [0, 0.05) is 29.0 Å². The highest BCUT2D eigenvalue weighted by atomic mass is 16.2. The molecule has 4 heteroatoms.